The van der Waals surface area contributed by atoms with Crippen molar-refractivity contribution in [2.75, 3.05) is 11.5 Å². The van der Waals surface area contributed by atoms with Crippen molar-refractivity contribution in [2.45, 2.75) is 18.9 Å². The number of nitrogens with zero attached hydrogens (tertiary/aromatic N) is 1. The molecule has 0 bridgehead atoms. The predicted octanol–water partition coefficient (Wildman–Crippen LogP) is 2.47. The second-order valence-corrected chi connectivity index (χ2v) is 9.08. The highest BCUT2D eigenvalue weighted by atomic mass is 32.2. The van der Waals surface area contributed by atoms with Crippen LogP contribution >= 0.6 is 0 Å². The van der Waals surface area contributed by atoms with Gasteiger partial charge in [-0.15, -0.1) is 0 Å². The van der Waals surface area contributed by atoms with E-state index >= 15 is 0 Å². The first-order valence-electron chi connectivity index (χ1n) is 8.90. The van der Waals surface area contributed by atoms with Crippen molar-refractivity contribution in [2.24, 2.45) is 11.0 Å². The molecule has 4 rings (SSSR count). The van der Waals surface area contributed by atoms with Crippen LogP contribution in [0.15, 0.2) is 59.7 Å². The molecule has 0 unspecified atom stereocenters. The number of amides is 1. The topological polar surface area (TPSA) is 84.8 Å². The second-order valence-electron chi connectivity index (χ2n) is 6.85. The zero-order valence-corrected chi connectivity index (χ0v) is 15.5. The smallest absolute Gasteiger partial charge is 0.244 e. The number of carbonyl (C=O) groups is 1. The number of nitrogens with one attached hydrogen (secondary N) is 1. The van der Waals surface area contributed by atoms with Crippen LogP contribution in [0.1, 0.15) is 30.1 Å². The third-order valence-electron chi connectivity index (χ3n) is 4.92. The van der Waals surface area contributed by atoms with Crippen LogP contribution in [0, 0.1) is 5.92 Å². The van der Waals surface area contributed by atoms with Crippen LogP contribution in [-0.4, -0.2) is 31.5 Å². The number of hydrogen-bond donors (Lipinski definition) is 1. The molecule has 2 aromatic carbocycles. The lowest BCUT2D eigenvalue weighted by molar-refractivity contribution is -0.124. The van der Waals surface area contributed by atoms with E-state index < -0.39 is 15.8 Å². The summed E-state index contributed by atoms with van der Waals surface area (Å²) in [7, 11) is -3.11. The maximum absolute atomic E-state index is 12.3. The first-order valence-corrected chi connectivity index (χ1v) is 10.7. The summed E-state index contributed by atoms with van der Waals surface area (Å²) in [4.78, 5) is 12.3. The number of para-hydroxylation sites is 1. The van der Waals surface area contributed by atoms with E-state index in [1.54, 1.807) is 0 Å². The largest absolute Gasteiger partial charge is 0.485 e. The molecular formula is C20H20N2O4S. The van der Waals surface area contributed by atoms with Crippen LogP contribution in [0.25, 0.3) is 0 Å². The lowest BCUT2D eigenvalue weighted by Crippen LogP contribution is -2.30. The van der Waals surface area contributed by atoms with Crippen LogP contribution in [0.4, 0.5) is 0 Å². The molecule has 2 atom stereocenters. The van der Waals surface area contributed by atoms with Crippen molar-refractivity contribution in [3.63, 3.8) is 0 Å². The highest BCUT2D eigenvalue weighted by Crippen LogP contribution is 2.35. The van der Waals surface area contributed by atoms with E-state index in [0.717, 1.165) is 16.8 Å². The minimum absolute atomic E-state index is 0.0639. The third-order valence-corrected chi connectivity index (χ3v) is 6.69. The van der Waals surface area contributed by atoms with Gasteiger partial charge in [0.15, 0.2) is 9.84 Å². The van der Waals surface area contributed by atoms with Gasteiger partial charge in [0, 0.05) is 12.0 Å². The molecule has 0 aliphatic carbocycles. The molecule has 1 fully saturated rings. The summed E-state index contributed by atoms with van der Waals surface area (Å²) in [5, 5.41) is 4.33. The minimum Gasteiger partial charge on any atom is -0.485 e. The molecule has 2 aromatic rings. The molecule has 0 saturated carbocycles. The van der Waals surface area contributed by atoms with Crippen LogP contribution < -0.4 is 10.2 Å². The maximum Gasteiger partial charge on any atom is 0.244 e. The Bertz CT molecular complexity index is 986. The fraction of sp³-hybridized carbons (Fsp3) is 0.300. The number of hydrogen-bond acceptors (Lipinski definition) is 5. The van der Waals surface area contributed by atoms with Crippen LogP contribution in [-0.2, 0) is 14.6 Å². The summed E-state index contributed by atoms with van der Waals surface area (Å²) < 4.78 is 29.3. The number of sulfone groups is 1. The van der Waals surface area contributed by atoms with Crippen molar-refractivity contribution in [1.82, 2.24) is 5.43 Å². The fourth-order valence-corrected chi connectivity index (χ4v) is 5.20. The molecule has 0 spiro atoms. The van der Waals surface area contributed by atoms with E-state index in [4.69, 9.17) is 4.74 Å². The van der Waals surface area contributed by atoms with Crippen LogP contribution in [0.3, 0.4) is 0 Å². The lowest BCUT2D eigenvalue weighted by atomic mass is 9.96. The molecule has 2 aliphatic heterocycles. The van der Waals surface area contributed by atoms with Gasteiger partial charge in [-0.1, -0.05) is 42.5 Å². The molecule has 1 amide bonds. The highest BCUT2D eigenvalue weighted by molar-refractivity contribution is 7.91. The average Bonchev–Trinajstić information content (AvgIpc) is 3.06. The highest BCUT2D eigenvalue weighted by Gasteiger charge is 2.33. The SMILES string of the molecule is O=C(NN=C1C[C@H](c2ccccc2)Oc2ccccc21)[C@@H]1CCS(=O)(=O)C1. The second kappa shape index (κ2) is 7.15. The number of benzene rings is 2. The summed E-state index contributed by atoms with van der Waals surface area (Å²) in [6.45, 7) is 0. The van der Waals surface area contributed by atoms with E-state index in [1.807, 2.05) is 54.6 Å². The van der Waals surface area contributed by atoms with Gasteiger partial charge in [0.1, 0.15) is 11.9 Å². The Morgan fingerprint density at radius 2 is 1.81 bits per heavy atom. The summed E-state index contributed by atoms with van der Waals surface area (Å²) in [5.41, 5.74) is 5.17. The summed E-state index contributed by atoms with van der Waals surface area (Å²) in [5.74, 6) is -0.193. The molecule has 2 aliphatic rings. The van der Waals surface area contributed by atoms with E-state index in [9.17, 15) is 13.2 Å². The summed E-state index contributed by atoms with van der Waals surface area (Å²) >= 11 is 0. The van der Waals surface area contributed by atoms with Gasteiger partial charge in [0.05, 0.1) is 23.1 Å². The standard InChI is InChI=1S/C20H20N2O4S/c23-20(15-10-11-27(24,25)13-15)22-21-17-12-19(14-6-2-1-3-7-14)26-18-9-5-4-8-16(17)18/h1-9,15,19H,10-13H2,(H,22,23)/t15-,19-/m1/s1. The molecule has 1 saturated heterocycles. The van der Waals surface area contributed by atoms with Crippen molar-refractivity contribution in [3.05, 3.63) is 65.7 Å². The molecule has 27 heavy (non-hydrogen) atoms. The number of carbonyl (C=O) groups excluding carboxylic acids is 1. The van der Waals surface area contributed by atoms with Crippen LogP contribution in [0.5, 0.6) is 5.75 Å². The third kappa shape index (κ3) is 3.88. The Balaban J connectivity index is 1.57. The molecule has 140 valence electrons. The summed E-state index contributed by atoms with van der Waals surface area (Å²) in [6, 6.07) is 17.4. The zero-order chi connectivity index (χ0) is 18.9. The molecule has 0 radical (unpaired) electrons. The fourth-order valence-electron chi connectivity index (χ4n) is 3.46. The van der Waals surface area contributed by atoms with E-state index in [2.05, 4.69) is 10.5 Å². The Morgan fingerprint density at radius 3 is 2.56 bits per heavy atom. The average molecular weight is 384 g/mol. The Morgan fingerprint density at radius 1 is 1.07 bits per heavy atom. The first-order chi connectivity index (χ1) is 13.0. The molecule has 6 nitrogen and oxygen atoms in total. The van der Waals surface area contributed by atoms with Gasteiger partial charge >= 0.3 is 0 Å². The summed E-state index contributed by atoms with van der Waals surface area (Å²) in [6.07, 6.45) is 0.680. The van der Waals surface area contributed by atoms with E-state index in [0.29, 0.717) is 18.6 Å². The number of fused-ring (bicyclic) bond motifs is 1. The van der Waals surface area contributed by atoms with E-state index in [1.165, 1.54) is 0 Å². The van der Waals surface area contributed by atoms with Crippen molar-refractivity contribution >= 4 is 21.5 Å². The Labute approximate surface area is 158 Å². The van der Waals surface area contributed by atoms with Crippen molar-refractivity contribution in [1.29, 1.82) is 0 Å². The number of hydrazone groups is 1. The lowest BCUT2D eigenvalue weighted by Gasteiger charge is -2.27. The quantitative estimate of drug-likeness (QED) is 0.824. The number of rotatable bonds is 3. The van der Waals surface area contributed by atoms with Gasteiger partial charge in [-0.05, 0) is 24.1 Å². The van der Waals surface area contributed by atoms with Crippen molar-refractivity contribution < 1.29 is 17.9 Å². The van der Waals surface area contributed by atoms with Gasteiger partial charge in [0.2, 0.25) is 5.91 Å². The first kappa shape index (κ1) is 17.7. The van der Waals surface area contributed by atoms with Crippen molar-refractivity contribution in [3.8, 4) is 5.75 Å². The predicted molar refractivity (Wildman–Crippen MR) is 102 cm³/mol. The van der Waals surface area contributed by atoms with Gasteiger partial charge in [-0.3, -0.25) is 4.79 Å². The Hall–Kier alpha value is -2.67. The molecule has 2 heterocycles. The van der Waals surface area contributed by atoms with Gasteiger partial charge < -0.3 is 4.74 Å². The van der Waals surface area contributed by atoms with Crippen LogP contribution in [0.2, 0.25) is 0 Å². The number of ether oxygens (including phenoxy) is 1. The zero-order valence-electron chi connectivity index (χ0n) is 14.7. The monoisotopic (exact) mass is 384 g/mol. The maximum atomic E-state index is 12.3. The van der Waals surface area contributed by atoms with Gasteiger partial charge in [-0.2, -0.15) is 5.10 Å². The molecular weight excluding hydrogens is 364 g/mol. The Kier molecular flexibility index (Phi) is 4.70. The van der Waals surface area contributed by atoms with E-state index in [-0.39, 0.29) is 23.5 Å². The molecule has 7 heteroatoms. The normalized spacial score (nSPS) is 24.8. The minimum atomic E-state index is -3.11. The van der Waals surface area contributed by atoms with Gasteiger partial charge in [-0.25, -0.2) is 13.8 Å². The molecule has 1 N–H and O–H groups in total. The van der Waals surface area contributed by atoms with Gasteiger partial charge in [0.25, 0.3) is 0 Å². The molecule has 0 aromatic heterocycles.